The molecule has 2 aliphatic heterocycles. The van der Waals surface area contributed by atoms with Gasteiger partial charge in [-0.3, -0.25) is 14.9 Å². The summed E-state index contributed by atoms with van der Waals surface area (Å²) in [4.78, 5) is 37.3. The summed E-state index contributed by atoms with van der Waals surface area (Å²) in [6.45, 7) is -0.768. The molecule has 2 aromatic rings. The van der Waals surface area contributed by atoms with Gasteiger partial charge in [-0.25, -0.2) is 9.18 Å². The number of amides is 3. The predicted octanol–water partition coefficient (Wildman–Crippen LogP) is 3.31. The molecular formula is C20H15F4N3O4. The van der Waals surface area contributed by atoms with E-state index in [9.17, 15) is 31.9 Å². The first-order chi connectivity index (χ1) is 14.6. The lowest BCUT2D eigenvalue weighted by Gasteiger charge is -2.40. The number of alkyl halides is 3. The van der Waals surface area contributed by atoms with E-state index < -0.39 is 41.7 Å². The fourth-order valence-electron chi connectivity index (χ4n) is 3.43. The molecule has 31 heavy (non-hydrogen) atoms. The molecule has 7 nitrogen and oxygen atoms in total. The minimum absolute atomic E-state index is 0.0702. The quantitative estimate of drug-likeness (QED) is 0.568. The molecule has 2 heterocycles. The second-order valence-corrected chi connectivity index (χ2v) is 7.05. The number of ether oxygens (including phenoxy) is 1. The highest BCUT2D eigenvalue weighted by molar-refractivity contribution is 6.00. The number of carbonyl (C=O) groups excluding carboxylic acids is 3. The van der Waals surface area contributed by atoms with Crippen LogP contribution < -0.4 is 15.5 Å². The van der Waals surface area contributed by atoms with Crippen LogP contribution in [0.1, 0.15) is 22.3 Å². The molecule has 4 rings (SSSR count). The lowest BCUT2D eigenvalue weighted by molar-refractivity contribution is -0.261. The van der Waals surface area contributed by atoms with E-state index in [1.165, 1.54) is 17.0 Å². The van der Waals surface area contributed by atoms with Gasteiger partial charge in [-0.15, -0.1) is 0 Å². The Morgan fingerprint density at radius 3 is 2.45 bits per heavy atom. The first-order valence-corrected chi connectivity index (χ1v) is 9.16. The molecule has 1 saturated heterocycles. The van der Waals surface area contributed by atoms with Gasteiger partial charge in [0.25, 0.3) is 11.5 Å². The van der Waals surface area contributed by atoms with Crippen LogP contribution in [0.3, 0.4) is 0 Å². The highest BCUT2D eigenvalue weighted by Gasteiger charge is 2.62. The summed E-state index contributed by atoms with van der Waals surface area (Å²) in [5, 5.41) is 4.32. The normalized spacial score (nSPS) is 20.3. The number of nitrogens with zero attached hydrogens (tertiary/aromatic N) is 1. The first kappa shape index (κ1) is 20.6. The Morgan fingerprint density at radius 2 is 1.87 bits per heavy atom. The smallest absolute Gasteiger partial charge is 0.426 e. The van der Waals surface area contributed by atoms with Gasteiger partial charge in [0.2, 0.25) is 5.91 Å². The molecule has 2 aliphatic rings. The summed E-state index contributed by atoms with van der Waals surface area (Å²) < 4.78 is 60.6. The Morgan fingerprint density at radius 1 is 1.16 bits per heavy atom. The Labute approximate surface area is 173 Å². The van der Waals surface area contributed by atoms with Crippen molar-refractivity contribution in [2.75, 3.05) is 23.3 Å². The zero-order chi connectivity index (χ0) is 22.4. The van der Waals surface area contributed by atoms with Gasteiger partial charge in [0, 0.05) is 29.8 Å². The number of rotatable bonds is 4. The number of nitrogens with one attached hydrogen (secondary N) is 2. The largest absolute Gasteiger partial charge is 0.434 e. The van der Waals surface area contributed by atoms with E-state index in [0.717, 1.165) is 30.3 Å². The van der Waals surface area contributed by atoms with Gasteiger partial charge in [-0.2, -0.15) is 13.2 Å². The molecule has 162 valence electrons. The number of benzene rings is 2. The van der Waals surface area contributed by atoms with Gasteiger partial charge in [-0.05, 0) is 42.5 Å². The maximum absolute atomic E-state index is 14.3. The molecule has 1 atom stereocenters. The molecule has 0 saturated carbocycles. The number of hydrogen-bond donors (Lipinski definition) is 2. The lowest BCUT2D eigenvalue weighted by atomic mass is 9.88. The summed E-state index contributed by atoms with van der Waals surface area (Å²) in [6, 6.07) is 7.99. The molecule has 1 fully saturated rings. The fourth-order valence-corrected chi connectivity index (χ4v) is 3.43. The molecule has 2 aromatic carbocycles. The second kappa shape index (κ2) is 7.25. The Balaban J connectivity index is 1.71. The summed E-state index contributed by atoms with van der Waals surface area (Å²) in [5.41, 5.74) is -3.64. The average Bonchev–Trinajstić information content (AvgIpc) is 2.70. The number of hydrogen-bond acceptors (Lipinski definition) is 4. The zero-order valence-corrected chi connectivity index (χ0v) is 15.8. The second-order valence-electron chi connectivity index (χ2n) is 7.05. The fraction of sp³-hybridized carbons (Fsp3) is 0.250. The number of cyclic esters (lactones) is 1. The highest BCUT2D eigenvalue weighted by Crippen LogP contribution is 2.48. The van der Waals surface area contributed by atoms with E-state index in [2.05, 4.69) is 10.6 Å². The van der Waals surface area contributed by atoms with Crippen molar-refractivity contribution in [3.05, 3.63) is 59.4 Å². The van der Waals surface area contributed by atoms with Gasteiger partial charge >= 0.3 is 12.3 Å². The van der Waals surface area contributed by atoms with Crippen molar-refractivity contribution >= 4 is 29.3 Å². The number of fused-ring (bicyclic) bond motifs is 1. The molecule has 11 heteroatoms. The molecule has 1 unspecified atom stereocenters. The monoisotopic (exact) mass is 437 g/mol. The third-order valence-electron chi connectivity index (χ3n) is 5.17. The molecule has 3 amide bonds. The molecule has 0 aliphatic carbocycles. The zero-order valence-electron chi connectivity index (χ0n) is 15.8. The van der Waals surface area contributed by atoms with Crippen molar-refractivity contribution in [2.24, 2.45) is 0 Å². The van der Waals surface area contributed by atoms with Crippen molar-refractivity contribution < 1.29 is 36.7 Å². The predicted molar refractivity (Wildman–Crippen MR) is 100.0 cm³/mol. The Hall–Kier alpha value is -3.63. The van der Waals surface area contributed by atoms with Gasteiger partial charge in [0.05, 0.1) is 12.2 Å². The van der Waals surface area contributed by atoms with Crippen LogP contribution in [0, 0.1) is 5.82 Å². The standard InChI is InChI=1S/C20H15F4N3O4/c21-12-3-1-11(2-4-12)17(29)25-10-19(20(22,23)24)14-9-13(27-8-7-16(27)28)5-6-15(14)26-18(30)31-19/h1-6,9H,7-8,10H2,(H,25,29)(H,26,30). The molecule has 0 bridgehead atoms. The summed E-state index contributed by atoms with van der Waals surface area (Å²) in [7, 11) is 0. The average molecular weight is 437 g/mol. The number of carbonyl (C=O) groups is 3. The van der Waals surface area contributed by atoms with Crippen LogP contribution in [-0.4, -0.2) is 37.2 Å². The van der Waals surface area contributed by atoms with E-state index >= 15 is 0 Å². The van der Waals surface area contributed by atoms with E-state index in [1.54, 1.807) is 0 Å². The van der Waals surface area contributed by atoms with Crippen LogP contribution in [0.2, 0.25) is 0 Å². The van der Waals surface area contributed by atoms with Gasteiger partial charge in [0.1, 0.15) is 5.82 Å². The lowest BCUT2D eigenvalue weighted by Crippen LogP contribution is -2.56. The third kappa shape index (κ3) is 3.56. The Bertz CT molecular complexity index is 1070. The highest BCUT2D eigenvalue weighted by atomic mass is 19.4. The van der Waals surface area contributed by atoms with Crippen LogP contribution in [0.15, 0.2) is 42.5 Å². The van der Waals surface area contributed by atoms with Gasteiger partial charge in [0.15, 0.2) is 0 Å². The van der Waals surface area contributed by atoms with Gasteiger partial charge < -0.3 is 15.0 Å². The molecular weight excluding hydrogens is 422 g/mol. The van der Waals surface area contributed by atoms with E-state index in [0.29, 0.717) is 6.54 Å². The molecule has 2 N–H and O–H groups in total. The van der Waals surface area contributed by atoms with Crippen molar-refractivity contribution in [1.29, 1.82) is 0 Å². The topological polar surface area (TPSA) is 87.7 Å². The minimum atomic E-state index is -5.10. The SMILES string of the molecule is O=C1Nc2ccc(N3CCC3=O)cc2C(CNC(=O)c2ccc(F)cc2)(C(F)(F)F)O1. The van der Waals surface area contributed by atoms with Crippen LogP contribution in [-0.2, 0) is 15.1 Å². The minimum Gasteiger partial charge on any atom is -0.426 e. The molecule has 0 spiro atoms. The molecule has 0 radical (unpaired) electrons. The maximum Gasteiger partial charge on any atom is 0.434 e. The van der Waals surface area contributed by atoms with Crippen molar-refractivity contribution in [3.63, 3.8) is 0 Å². The van der Waals surface area contributed by atoms with Crippen LogP contribution in [0.25, 0.3) is 0 Å². The van der Waals surface area contributed by atoms with Crippen LogP contribution >= 0.6 is 0 Å². The maximum atomic E-state index is 14.3. The van der Waals surface area contributed by atoms with Crippen molar-refractivity contribution in [2.45, 2.75) is 18.2 Å². The van der Waals surface area contributed by atoms with Gasteiger partial charge in [-0.1, -0.05) is 0 Å². The number of halogens is 4. The summed E-state index contributed by atoms with van der Waals surface area (Å²) in [5.74, 6) is -1.77. The van der Waals surface area contributed by atoms with Crippen molar-refractivity contribution in [1.82, 2.24) is 5.32 Å². The number of anilines is 2. The van der Waals surface area contributed by atoms with Crippen LogP contribution in [0.4, 0.5) is 33.7 Å². The van der Waals surface area contributed by atoms with E-state index in [1.807, 2.05) is 0 Å². The van der Waals surface area contributed by atoms with Crippen molar-refractivity contribution in [3.8, 4) is 0 Å². The number of β-lactam (4-membered cyclic amide) rings is 1. The summed E-state index contributed by atoms with van der Waals surface area (Å²) >= 11 is 0. The third-order valence-corrected chi connectivity index (χ3v) is 5.17. The summed E-state index contributed by atoms with van der Waals surface area (Å²) in [6.07, 6.45) is -6.16. The Kier molecular flexibility index (Phi) is 4.83. The first-order valence-electron chi connectivity index (χ1n) is 9.16. The molecule has 0 aromatic heterocycles. The van der Waals surface area contributed by atoms with E-state index in [4.69, 9.17) is 4.74 Å². The van der Waals surface area contributed by atoms with Crippen LogP contribution in [0.5, 0.6) is 0 Å². The van der Waals surface area contributed by atoms with E-state index in [-0.39, 0.29) is 29.3 Å².